The zero-order valence-corrected chi connectivity index (χ0v) is 6.27. The first-order valence-electron chi connectivity index (χ1n) is 3.50. The van der Waals surface area contributed by atoms with Crippen LogP contribution in [0.3, 0.4) is 0 Å². The van der Waals surface area contributed by atoms with Gasteiger partial charge in [0.05, 0.1) is 12.6 Å². The Labute approximate surface area is 64.6 Å². The highest BCUT2D eigenvalue weighted by molar-refractivity contribution is 4.90. The van der Waals surface area contributed by atoms with Gasteiger partial charge in [-0.3, -0.25) is 0 Å². The third-order valence-corrected chi connectivity index (χ3v) is 1.89. The first-order chi connectivity index (χ1) is 5.20. The van der Waals surface area contributed by atoms with Crippen LogP contribution in [0.2, 0.25) is 0 Å². The minimum absolute atomic E-state index is 0.209. The number of hydrogen-bond acceptors (Lipinski definition) is 5. The van der Waals surface area contributed by atoms with E-state index in [1.54, 1.807) is 7.05 Å². The Morgan fingerprint density at radius 1 is 1.45 bits per heavy atom. The van der Waals surface area contributed by atoms with Crippen LogP contribution < -0.4 is 5.32 Å². The Hall–Kier alpha value is -0.200. The fourth-order valence-electron chi connectivity index (χ4n) is 1.25. The quantitative estimate of drug-likeness (QED) is 0.366. The molecule has 4 atom stereocenters. The molecule has 1 saturated heterocycles. The van der Waals surface area contributed by atoms with E-state index in [-0.39, 0.29) is 6.61 Å². The number of aliphatic hydroxyl groups excluding tert-OH is 3. The third kappa shape index (κ3) is 1.52. The number of rotatable bonds is 2. The maximum absolute atomic E-state index is 9.21. The van der Waals surface area contributed by atoms with Crippen LogP contribution in [-0.2, 0) is 4.74 Å². The summed E-state index contributed by atoms with van der Waals surface area (Å²) in [5, 5.41) is 29.7. The lowest BCUT2D eigenvalue weighted by Gasteiger charge is -2.16. The van der Waals surface area contributed by atoms with Crippen LogP contribution in [0, 0.1) is 0 Å². The zero-order chi connectivity index (χ0) is 8.43. The van der Waals surface area contributed by atoms with Gasteiger partial charge in [-0.1, -0.05) is 0 Å². The van der Waals surface area contributed by atoms with Gasteiger partial charge in [-0.15, -0.1) is 0 Å². The Morgan fingerprint density at radius 2 is 2.09 bits per heavy atom. The summed E-state index contributed by atoms with van der Waals surface area (Å²) < 4.78 is 4.82. The molecule has 0 spiro atoms. The minimum Gasteiger partial charge on any atom is -0.394 e. The first-order valence-corrected chi connectivity index (χ1v) is 3.50. The lowest BCUT2D eigenvalue weighted by atomic mass is 10.1. The molecule has 0 amide bonds. The zero-order valence-electron chi connectivity index (χ0n) is 6.27. The summed E-state index contributed by atoms with van der Waals surface area (Å²) in [4.78, 5) is 0. The van der Waals surface area contributed by atoms with Gasteiger partial charge in [-0.2, -0.15) is 0 Å². The van der Waals surface area contributed by atoms with E-state index < -0.39 is 24.5 Å². The van der Waals surface area contributed by atoms with Gasteiger partial charge in [0.2, 0.25) is 0 Å². The summed E-state index contributed by atoms with van der Waals surface area (Å²) in [5.41, 5.74) is 0. The van der Waals surface area contributed by atoms with Crippen LogP contribution in [0.15, 0.2) is 0 Å². The number of likely N-dealkylation sites (N-methyl/N-ethyl adjacent to an activating group) is 1. The molecule has 5 heteroatoms. The maximum atomic E-state index is 9.21. The van der Waals surface area contributed by atoms with Crippen LogP contribution >= 0.6 is 0 Å². The normalized spacial score (nSPS) is 44.7. The monoisotopic (exact) mass is 163 g/mol. The van der Waals surface area contributed by atoms with E-state index in [9.17, 15) is 5.11 Å². The Balaban J connectivity index is 2.57. The molecule has 5 nitrogen and oxygen atoms in total. The lowest BCUT2D eigenvalue weighted by Crippen LogP contribution is -2.44. The molecule has 1 heterocycles. The standard InChI is InChI=1S/C6H13NO4/c1-7-4-3(2-8)11-6(10)5(4)9/h3-10H,2H2,1H3/t3-,4-,5-,6+/m1/s1. The molecule has 4 N–H and O–H groups in total. The molecule has 1 aliphatic rings. The van der Waals surface area contributed by atoms with Crippen molar-refractivity contribution in [2.24, 2.45) is 0 Å². The highest BCUT2D eigenvalue weighted by Gasteiger charge is 2.41. The van der Waals surface area contributed by atoms with Crippen molar-refractivity contribution in [2.45, 2.75) is 24.5 Å². The van der Waals surface area contributed by atoms with Crippen molar-refractivity contribution in [2.75, 3.05) is 13.7 Å². The fraction of sp³-hybridized carbons (Fsp3) is 1.00. The molecule has 1 fully saturated rings. The summed E-state index contributed by atoms with van der Waals surface area (Å²) in [5.74, 6) is 0. The Kier molecular flexibility index (Phi) is 2.80. The van der Waals surface area contributed by atoms with Crippen LogP contribution in [0.5, 0.6) is 0 Å². The average molecular weight is 163 g/mol. The van der Waals surface area contributed by atoms with Crippen LogP contribution in [0.1, 0.15) is 0 Å². The predicted molar refractivity (Wildman–Crippen MR) is 36.8 cm³/mol. The summed E-state index contributed by atoms with van der Waals surface area (Å²) in [6, 6.07) is -0.394. The molecule has 0 bridgehead atoms. The van der Waals surface area contributed by atoms with Gasteiger partial charge in [0.15, 0.2) is 6.29 Å². The Morgan fingerprint density at radius 3 is 2.45 bits per heavy atom. The largest absolute Gasteiger partial charge is 0.394 e. The molecule has 0 unspecified atom stereocenters. The molecule has 1 aliphatic heterocycles. The topological polar surface area (TPSA) is 82.0 Å². The third-order valence-electron chi connectivity index (χ3n) is 1.89. The number of aliphatic hydroxyl groups is 3. The van der Waals surface area contributed by atoms with Crippen LogP contribution in [0.25, 0.3) is 0 Å². The van der Waals surface area contributed by atoms with E-state index in [0.717, 1.165) is 0 Å². The molecule has 0 radical (unpaired) electrons. The Bertz CT molecular complexity index is 132. The summed E-state index contributed by atoms with van der Waals surface area (Å²) >= 11 is 0. The molecule has 0 aromatic carbocycles. The van der Waals surface area contributed by atoms with Crippen molar-refractivity contribution in [3.63, 3.8) is 0 Å². The maximum Gasteiger partial charge on any atom is 0.182 e. The van der Waals surface area contributed by atoms with Gasteiger partial charge in [0.1, 0.15) is 12.2 Å². The van der Waals surface area contributed by atoms with E-state index in [1.807, 2.05) is 0 Å². The van der Waals surface area contributed by atoms with Gasteiger partial charge >= 0.3 is 0 Å². The molecule has 11 heavy (non-hydrogen) atoms. The van der Waals surface area contributed by atoms with Gasteiger partial charge in [0, 0.05) is 0 Å². The van der Waals surface area contributed by atoms with E-state index in [2.05, 4.69) is 5.32 Å². The van der Waals surface area contributed by atoms with E-state index >= 15 is 0 Å². The second-order valence-corrected chi connectivity index (χ2v) is 2.55. The van der Waals surface area contributed by atoms with Crippen molar-refractivity contribution in [3.05, 3.63) is 0 Å². The highest BCUT2D eigenvalue weighted by atomic mass is 16.6. The van der Waals surface area contributed by atoms with Crippen LogP contribution in [0.4, 0.5) is 0 Å². The van der Waals surface area contributed by atoms with Crippen molar-refractivity contribution >= 4 is 0 Å². The second kappa shape index (κ2) is 3.46. The van der Waals surface area contributed by atoms with Crippen LogP contribution in [-0.4, -0.2) is 53.5 Å². The van der Waals surface area contributed by atoms with Gasteiger partial charge < -0.3 is 25.4 Å². The lowest BCUT2D eigenvalue weighted by molar-refractivity contribution is -0.132. The molecular weight excluding hydrogens is 150 g/mol. The molecular formula is C6H13NO4. The van der Waals surface area contributed by atoms with E-state index in [1.165, 1.54) is 0 Å². The summed E-state index contributed by atoms with van der Waals surface area (Å²) in [6.45, 7) is -0.209. The number of nitrogens with one attached hydrogen (secondary N) is 1. The summed E-state index contributed by atoms with van der Waals surface area (Å²) in [7, 11) is 1.64. The average Bonchev–Trinajstić information content (AvgIpc) is 2.28. The first kappa shape index (κ1) is 8.89. The van der Waals surface area contributed by atoms with Gasteiger partial charge in [-0.25, -0.2) is 0 Å². The van der Waals surface area contributed by atoms with E-state index in [4.69, 9.17) is 14.9 Å². The minimum atomic E-state index is -1.19. The van der Waals surface area contributed by atoms with Gasteiger partial charge in [0.25, 0.3) is 0 Å². The SMILES string of the molecule is CN[C@H]1[C@@H](O)[C@@H](O)O[C@@H]1CO. The smallest absolute Gasteiger partial charge is 0.182 e. The number of ether oxygens (including phenoxy) is 1. The molecule has 0 saturated carbocycles. The van der Waals surface area contributed by atoms with Crippen molar-refractivity contribution in [3.8, 4) is 0 Å². The van der Waals surface area contributed by atoms with Crippen molar-refractivity contribution < 1.29 is 20.1 Å². The van der Waals surface area contributed by atoms with Gasteiger partial charge in [-0.05, 0) is 7.05 Å². The predicted octanol–water partition coefficient (Wildman–Crippen LogP) is -2.36. The summed E-state index contributed by atoms with van der Waals surface area (Å²) in [6.07, 6.45) is -2.67. The molecule has 0 aromatic heterocycles. The van der Waals surface area contributed by atoms with Crippen molar-refractivity contribution in [1.82, 2.24) is 5.32 Å². The molecule has 1 rings (SSSR count). The molecule has 66 valence electrons. The highest BCUT2D eigenvalue weighted by Crippen LogP contribution is 2.18. The fourth-order valence-corrected chi connectivity index (χ4v) is 1.25. The van der Waals surface area contributed by atoms with E-state index in [0.29, 0.717) is 0 Å². The number of hydrogen-bond donors (Lipinski definition) is 4. The molecule has 0 aromatic rings. The second-order valence-electron chi connectivity index (χ2n) is 2.55. The van der Waals surface area contributed by atoms with Crippen molar-refractivity contribution in [1.29, 1.82) is 0 Å². The molecule has 0 aliphatic carbocycles.